The number of rotatable bonds is 3. The average molecular weight is 332 g/mol. The molecule has 2 N–H and O–H groups in total. The van der Waals surface area contributed by atoms with Crippen molar-refractivity contribution in [2.75, 3.05) is 44.7 Å². The van der Waals surface area contributed by atoms with Crippen LogP contribution in [0.15, 0.2) is 23.1 Å². The third-order valence-electron chi connectivity index (χ3n) is 3.48. The summed E-state index contributed by atoms with van der Waals surface area (Å²) in [5.41, 5.74) is 5.78. The van der Waals surface area contributed by atoms with E-state index >= 15 is 0 Å². The summed E-state index contributed by atoms with van der Waals surface area (Å²) in [5.74, 6) is -0.983. The zero-order valence-corrected chi connectivity index (χ0v) is 13.3. The predicted octanol–water partition coefficient (Wildman–Crippen LogP) is 0.470. The Balaban J connectivity index is 2.14. The van der Waals surface area contributed by atoms with Crippen molar-refractivity contribution < 1.29 is 13.2 Å². The van der Waals surface area contributed by atoms with E-state index in [-0.39, 0.29) is 15.6 Å². The molecule has 1 aromatic rings. The van der Waals surface area contributed by atoms with Crippen molar-refractivity contribution in [1.29, 1.82) is 0 Å². The van der Waals surface area contributed by atoms with Gasteiger partial charge < -0.3 is 15.5 Å². The van der Waals surface area contributed by atoms with Crippen molar-refractivity contribution in [3.63, 3.8) is 0 Å². The van der Waals surface area contributed by atoms with Crippen LogP contribution in [0.4, 0.5) is 5.69 Å². The summed E-state index contributed by atoms with van der Waals surface area (Å²) in [4.78, 5) is 15.7. The van der Waals surface area contributed by atoms with Crippen LogP contribution in [0, 0.1) is 0 Å². The highest BCUT2D eigenvalue weighted by Gasteiger charge is 2.27. The maximum absolute atomic E-state index is 12.3. The lowest BCUT2D eigenvalue weighted by atomic mass is 10.3. The first kappa shape index (κ1) is 16.1. The van der Waals surface area contributed by atoms with Gasteiger partial charge in [0.2, 0.25) is 5.91 Å². The summed E-state index contributed by atoms with van der Waals surface area (Å²) >= 11 is 5.80. The highest BCUT2D eigenvalue weighted by atomic mass is 35.5. The molecule has 1 saturated heterocycles. The molecule has 1 aromatic carbocycles. The van der Waals surface area contributed by atoms with Crippen molar-refractivity contribution in [3.8, 4) is 0 Å². The Morgan fingerprint density at radius 1 is 1.29 bits per heavy atom. The Kier molecular flexibility index (Phi) is 4.75. The van der Waals surface area contributed by atoms with Crippen LogP contribution in [0.5, 0.6) is 0 Å². The molecule has 0 spiro atoms. The molecule has 6 nitrogen and oxygen atoms in total. The van der Waals surface area contributed by atoms with E-state index in [9.17, 15) is 13.2 Å². The van der Waals surface area contributed by atoms with E-state index in [2.05, 4.69) is 4.90 Å². The molecule has 0 radical (unpaired) electrons. The second kappa shape index (κ2) is 6.21. The third-order valence-corrected chi connectivity index (χ3v) is 5.37. The zero-order chi connectivity index (χ0) is 15.6. The first-order chi connectivity index (χ1) is 9.79. The van der Waals surface area contributed by atoms with Crippen molar-refractivity contribution in [2.45, 2.75) is 4.90 Å². The molecule has 0 saturated carbocycles. The number of carbonyl (C=O) groups is 1. The Morgan fingerprint density at radius 2 is 1.90 bits per heavy atom. The molecule has 0 aliphatic carbocycles. The smallest absolute Gasteiger partial charge is 0.238 e. The summed E-state index contributed by atoms with van der Waals surface area (Å²) in [5, 5.41) is 0.273. The molecule has 1 heterocycles. The van der Waals surface area contributed by atoms with E-state index in [1.165, 1.54) is 18.2 Å². The number of amides is 1. The molecular weight excluding hydrogens is 314 g/mol. The number of sulfone groups is 1. The number of nitrogen functional groups attached to an aromatic ring is 1. The topological polar surface area (TPSA) is 83.7 Å². The largest absolute Gasteiger partial charge is 0.398 e. The van der Waals surface area contributed by atoms with Gasteiger partial charge in [0.1, 0.15) is 5.75 Å². The summed E-state index contributed by atoms with van der Waals surface area (Å²) < 4.78 is 24.7. The number of halogens is 1. The fourth-order valence-corrected chi connectivity index (χ4v) is 3.80. The minimum absolute atomic E-state index is 0.0857. The maximum atomic E-state index is 12.3. The van der Waals surface area contributed by atoms with Crippen LogP contribution in [0.25, 0.3) is 0 Å². The normalized spacial score (nSPS) is 17.0. The number of nitrogens with zero attached hydrogens (tertiary/aromatic N) is 2. The minimum atomic E-state index is -3.79. The van der Waals surface area contributed by atoms with Gasteiger partial charge >= 0.3 is 0 Å². The lowest BCUT2D eigenvalue weighted by molar-refractivity contribution is -0.129. The van der Waals surface area contributed by atoms with E-state index in [0.717, 1.165) is 13.1 Å². The first-order valence-electron chi connectivity index (χ1n) is 6.54. The molecule has 0 bridgehead atoms. The average Bonchev–Trinajstić information content (AvgIpc) is 2.41. The van der Waals surface area contributed by atoms with Gasteiger partial charge in [0.15, 0.2) is 9.84 Å². The number of carbonyl (C=O) groups excluding carboxylic acids is 1. The summed E-state index contributed by atoms with van der Waals surface area (Å²) in [6.07, 6.45) is 0. The van der Waals surface area contributed by atoms with Crippen molar-refractivity contribution in [3.05, 3.63) is 23.2 Å². The molecule has 0 aromatic heterocycles. The molecule has 2 rings (SSSR count). The van der Waals surface area contributed by atoms with Crippen molar-refractivity contribution >= 4 is 33.0 Å². The quantitative estimate of drug-likeness (QED) is 0.814. The molecule has 0 unspecified atom stereocenters. The van der Waals surface area contributed by atoms with Gasteiger partial charge in [-0.25, -0.2) is 8.42 Å². The predicted molar refractivity (Wildman–Crippen MR) is 82.0 cm³/mol. The van der Waals surface area contributed by atoms with Gasteiger partial charge in [-0.2, -0.15) is 0 Å². The summed E-state index contributed by atoms with van der Waals surface area (Å²) in [6, 6.07) is 4.22. The Morgan fingerprint density at radius 3 is 2.52 bits per heavy atom. The van der Waals surface area contributed by atoms with Gasteiger partial charge in [0, 0.05) is 31.2 Å². The minimum Gasteiger partial charge on any atom is -0.398 e. The lowest BCUT2D eigenvalue weighted by Gasteiger charge is -2.32. The number of anilines is 1. The standard InChI is InChI=1S/C13H18ClN3O3S/c1-16-4-6-17(7-5-16)13(18)9-21(19,20)12-8-10(14)2-3-11(12)15/h2-3,8H,4-7,9,15H2,1H3. The number of hydrogen-bond donors (Lipinski definition) is 1. The summed E-state index contributed by atoms with van der Waals surface area (Å²) in [6.45, 7) is 2.56. The van der Waals surface area contributed by atoms with Crippen molar-refractivity contribution in [2.24, 2.45) is 0 Å². The Labute approximate surface area is 129 Å². The van der Waals surface area contributed by atoms with Gasteiger partial charge in [-0.1, -0.05) is 11.6 Å². The van der Waals surface area contributed by atoms with Crippen LogP contribution >= 0.6 is 11.6 Å². The van der Waals surface area contributed by atoms with Gasteiger partial charge in [0.05, 0.1) is 10.6 Å². The fourth-order valence-electron chi connectivity index (χ4n) is 2.16. The number of likely N-dealkylation sites (N-methyl/N-ethyl adjacent to an activating group) is 1. The lowest BCUT2D eigenvalue weighted by Crippen LogP contribution is -2.48. The molecule has 116 valence electrons. The van der Waals surface area contributed by atoms with E-state index in [1.807, 2.05) is 7.05 Å². The second-order valence-electron chi connectivity index (χ2n) is 5.13. The Hall–Kier alpha value is -1.31. The molecule has 1 aliphatic rings. The summed E-state index contributed by atoms with van der Waals surface area (Å²) in [7, 11) is -1.83. The van der Waals surface area contributed by atoms with Crippen LogP contribution in [-0.4, -0.2) is 63.1 Å². The number of nitrogens with two attached hydrogens (primary N) is 1. The number of hydrogen-bond acceptors (Lipinski definition) is 5. The van der Waals surface area contributed by atoms with E-state index in [0.29, 0.717) is 13.1 Å². The van der Waals surface area contributed by atoms with Gasteiger partial charge in [-0.3, -0.25) is 4.79 Å². The molecule has 1 fully saturated rings. The SMILES string of the molecule is CN1CCN(C(=O)CS(=O)(=O)c2cc(Cl)ccc2N)CC1. The van der Waals surface area contributed by atoms with Gasteiger partial charge in [-0.05, 0) is 25.2 Å². The van der Waals surface area contributed by atoms with Gasteiger partial charge in [0.25, 0.3) is 0 Å². The monoisotopic (exact) mass is 331 g/mol. The fraction of sp³-hybridized carbons (Fsp3) is 0.462. The van der Waals surface area contributed by atoms with Crippen molar-refractivity contribution in [1.82, 2.24) is 9.80 Å². The van der Waals surface area contributed by atoms with E-state index < -0.39 is 21.5 Å². The van der Waals surface area contributed by atoms with Crippen LogP contribution in [-0.2, 0) is 14.6 Å². The highest BCUT2D eigenvalue weighted by Crippen LogP contribution is 2.24. The second-order valence-corrected chi connectivity index (χ2v) is 7.52. The van der Waals surface area contributed by atoms with Gasteiger partial charge in [-0.15, -0.1) is 0 Å². The zero-order valence-electron chi connectivity index (χ0n) is 11.8. The molecule has 21 heavy (non-hydrogen) atoms. The molecule has 0 atom stereocenters. The van der Waals surface area contributed by atoms with E-state index in [4.69, 9.17) is 17.3 Å². The number of piperazine rings is 1. The number of benzene rings is 1. The van der Waals surface area contributed by atoms with Crippen LogP contribution < -0.4 is 5.73 Å². The highest BCUT2D eigenvalue weighted by molar-refractivity contribution is 7.92. The molecule has 8 heteroatoms. The molecular formula is C13H18ClN3O3S. The van der Waals surface area contributed by atoms with E-state index in [1.54, 1.807) is 4.90 Å². The van der Waals surface area contributed by atoms with Crippen LogP contribution in [0.2, 0.25) is 5.02 Å². The third kappa shape index (κ3) is 3.87. The maximum Gasteiger partial charge on any atom is 0.238 e. The Bertz CT molecular complexity index is 640. The molecule has 1 aliphatic heterocycles. The van der Waals surface area contributed by atoms with Crippen LogP contribution in [0.3, 0.4) is 0 Å². The van der Waals surface area contributed by atoms with Crippen LogP contribution in [0.1, 0.15) is 0 Å². The molecule has 1 amide bonds. The first-order valence-corrected chi connectivity index (χ1v) is 8.57.